The standard InChI is InChI=1S/C43H48N2/c1-6-7-8-9-10-11-14-32-17-19-33(20-18-32)44-34-21-24-37(30(2)27-34)38-25-22-35(28-31(38)3)45-36-23-26-40-39-15-12-13-16-41(39)43(4,5)42(40)29-36/h12-13,15-29,44-45H,6-11,14H2,1-5H3. The van der Waals surface area contributed by atoms with Crippen LogP contribution in [-0.4, -0.2) is 0 Å². The third kappa shape index (κ3) is 6.71. The Morgan fingerprint density at radius 2 is 1.00 bits per heavy atom. The number of hydrogen-bond donors (Lipinski definition) is 2. The van der Waals surface area contributed by atoms with E-state index < -0.39 is 0 Å². The second kappa shape index (κ2) is 13.4. The summed E-state index contributed by atoms with van der Waals surface area (Å²) < 4.78 is 0. The van der Waals surface area contributed by atoms with Crippen molar-refractivity contribution in [1.29, 1.82) is 0 Å². The van der Waals surface area contributed by atoms with Gasteiger partial charge in [0.25, 0.3) is 0 Å². The average Bonchev–Trinajstić information content (AvgIpc) is 3.26. The molecule has 2 N–H and O–H groups in total. The molecule has 0 bridgehead atoms. The lowest BCUT2D eigenvalue weighted by Gasteiger charge is -2.22. The SMILES string of the molecule is CCCCCCCCc1ccc(Nc2ccc(-c3ccc(Nc4ccc5c(c4)C(C)(C)c4ccccc4-5)cc3C)c(C)c2)cc1. The summed E-state index contributed by atoms with van der Waals surface area (Å²) in [6.07, 6.45) is 9.23. The van der Waals surface area contributed by atoms with Crippen LogP contribution >= 0.6 is 0 Å². The first-order chi connectivity index (χ1) is 21.8. The normalized spacial score (nSPS) is 12.9. The van der Waals surface area contributed by atoms with Gasteiger partial charge in [0.1, 0.15) is 0 Å². The number of aryl methyl sites for hydroxylation is 3. The molecule has 45 heavy (non-hydrogen) atoms. The van der Waals surface area contributed by atoms with Crippen LogP contribution in [0.4, 0.5) is 22.7 Å². The van der Waals surface area contributed by atoms with Gasteiger partial charge in [-0.05, 0) is 125 Å². The van der Waals surface area contributed by atoms with Crippen molar-refractivity contribution in [2.75, 3.05) is 10.6 Å². The topological polar surface area (TPSA) is 24.1 Å². The molecule has 0 saturated carbocycles. The van der Waals surface area contributed by atoms with Gasteiger partial charge in [0.2, 0.25) is 0 Å². The Balaban J connectivity index is 1.10. The van der Waals surface area contributed by atoms with Gasteiger partial charge >= 0.3 is 0 Å². The molecule has 0 heterocycles. The van der Waals surface area contributed by atoms with Crippen LogP contribution < -0.4 is 10.6 Å². The molecule has 5 aromatic carbocycles. The molecule has 1 aliphatic carbocycles. The van der Waals surface area contributed by atoms with Crippen molar-refractivity contribution in [2.24, 2.45) is 0 Å². The van der Waals surface area contributed by atoms with Gasteiger partial charge in [-0.1, -0.05) is 107 Å². The van der Waals surface area contributed by atoms with E-state index in [0.29, 0.717) is 0 Å². The first-order valence-corrected chi connectivity index (χ1v) is 16.9. The van der Waals surface area contributed by atoms with Crippen molar-refractivity contribution in [1.82, 2.24) is 0 Å². The molecule has 0 aromatic heterocycles. The molecule has 0 unspecified atom stereocenters. The number of nitrogens with one attached hydrogen (secondary N) is 2. The number of benzene rings is 5. The highest BCUT2D eigenvalue weighted by Crippen LogP contribution is 2.49. The Hall–Kier alpha value is -4.30. The van der Waals surface area contributed by atoms with E-state index in [1.165, 1.54) is 95.0 Å². The minimum Gasteiger partial charge on any atom is -0.356 e. The molecule has 0 atom stereocenters. The smallest absolute Gasteiger partial charge is 0.0387 e. The van der Waals surface area contributed by atoms with Crippen molar-refractivity contribution in [3.8, 4) is 22.3 Å². The molecule has 0 fully saturated rings. The van der Waals surface area contributed by atoms with E-state index in [2.05, 4.69) is 148 Å². The predicted molar refractivity (Wildman–Crippen MR) is 195 cm³/mol. The number of unbranched alkanes of at least 4 members (excludes halogenated alkanes) is 5. The Bertz CT molecular complexity index is 1780. The minimum absolute atomic E-state index is 0.00136. The molecular formula is C43H48N2. The van der Waals surface area contributed by atoms with E-state index in [4.69, 9.17) is 0 Å². The summed E-state index contributed by atoms with van der Waals surface area (Å²) in [6, 6.07) is 38.0. The van der Waals surface area contributed by atoms with Crippen molar-refractivity contribution < 1.29 is 0 Å². The molecule has 2 heteroatoms. The first kappa shape index (κ1) is 30.7. The molecule has 0 amide bonds. The summed E-state index contributed by atoms with van der Waals surface area (Å²) in [4.78, 5) is 0. The van der Waals surface area contributed by atoms with Crippen LogP contribution in [0.5, 0.6) is 0 Å². The summed E-state index contributed by atoms with van der Waals surface area (Å²) in [5, 5.41) is 7.30. The minimum atomic E-state index is -0.00136. The van der Waals surface area contributed by atoms with Gasteiger partial charge in [0.15, 0.2) is 0 Å². The molecule has 0 spiro atoms. The van der Waals surface area contributed by atoms with Gasteiger partial charge in [0.05, 0.1) is 0 Å². The maximum atomic E-state index is 3.68. The van der Waals surface area contributed by atoms with E-state index >= 15 is 0 Å². The molecule has 2 nitrogen and oxygen atoms in total. The lowest BCUT2D eigenvalue weighted by atomic mass is 9.82. The van der Waals surface area contributed by atoms with Crippen molar-refractivity contribution >= 4 is 22.7 Å². The summed E-state index contributed by atoms with van der Waals surface area (Å²) in [5.74, 6) is 0. The lowest BCUT2D eigenvalue weighted by Crippen LogP contribution is -2.15. The van der Waals surface area contributed by atoms with Gasteiger partial charge < -0.3 is 10.6 Å². The van der Waals surface area contributed by atoms with Crippen molar-refractivity contribution in [3.05, 3.63) is 131 Å². The average molecular weight is 593 g/mol. The number of rotatable bonds is 12. The summed E-state index contributed by atoms with van der Waals surface area (Å²) in [5.41, 5.74) is 16.5. The van der Waals surface area contributed by atoms with E-state index in [9.17, 15) is 0 Å². The summed E-state index contributed by atoms with van der Waals surface area (Å²) >= 11 is 0. The number of anilines is 4. The number of fused-ring (bicyclic) bond motifs is 3. The second-order valence-electron chi connectivity index (χ2n) is 13.5. The van der Waals surface area contributed by atoms with Gasteiger partial charge in [-0.2, -0.15) is 0 Å². The molecule has 0 saturated heterocycles. The second-order valence-corrected chi connectivity index (χ2v) is 13.5. The van der Waals surface area contributed by atoms with Crippen LogP contribution in [0.1, 0.15) is 87.1 Å². The van der Waals surface area contributed by atoms with E-state index in [1.807, 2.05) is 0 Å². The predicted octanol–water partition coefficient (Wildman–Crippen LogP) is 12.7. The van der Waals surface area contributed by atoms with Crippen LogP contribution in [0.15, 0.2) is 103 Å². The fraction of sp³-hybridized carbons (Fsp3) is 0.302. The summed E-state index contributed by atoms with van der Waals surface area (Å²) in [6.45, 7) is 11.4. The third-order valence-corrected chi connectivity index (χ3v) is 9.68. The fourth-order valence-electron chi connectivity index (χ4n) is 7.07. The first-order valence-electron chi connectivity index (χ1n) is 16.9. The Kier molecular flexibility index (Phi) is 9.12. The van der Waals surface area contributed by atoms with Gasteiger partial charge in [-0.15, -0.1) is 0 Å². The highest BCUT2D eigenvalue weighted by Gasteiger charge is 2.35. The van der Waals surface area contributed by atoms with Crippen LogP contribution in [-0.2, 0) is 11.8 Å². The van der Waals surface area contributed by atoms with Gasteiger partial charge in [-0.3, -0.25) is 0 Å². The van der Waals surface area contributed by atoms with E-state index in [1.54, 1.807) is 0 Å². The van der Waals surface area contributed by atoms with Crippen LogP contribution in [0.2, 0.25) is 0 Å². The maximum Gasteiger partial charge on any atom is 0.0387 e. The highest BCUT2D eigenvalue weighted by atomic mass is 14.9. The lowest BCUT2D eigenvalue weighted by molar-refractivity contribution is 0.607. The molecule has 6 rings (SSSR count). The zero-order chi connectivity index (χ0) is 31.4. The Labute approximate surface area is 270 Å². The molecule has 0 aliphatic heterocycles. The zero-order valence-electron chi connectivity index (χ0n) is 27.8. The molecule has 1 aliphatic rings. The Morgan fingerprint density at radius 3 is 1.64 bits per heavy atom. The maximum absolute atomic E-state index is 3.68. The summed E-state index contributed by atoms with van der Waals surface area (Å²) in [7, 11) is 0. The molecule has 230 valence electrons. The van der Waals surface area contributed by atoms with E-state index in [-0.39, 0.29) is 5.41 Å². The van der Waals surface area contributed by atoms with E-state index in [0.717, 1.165) is 22.7 Å². The monoisotopic (exact) mass is 592 g/mol. The zero-order valence-corrected chi connectivity index (χ0v) is 27.8. The van der Waals surface area contributed by atoms with Crippen LogP contribution in [0.3, 0.4) is 0 Å². The van der Waals surface area contributed by atoms with Gasteiger partial charge in [-0.25, -0.2) is 0 Å². The quantitative estimate of drug-likeness (QED) is 0.141. The van der Waals surface area contributed by atoms with Crippen molar-refractivity contribution in [3.63, 3.8) is 0 Å². The fourth-order valence-corrected chi connectivity index (χ4v) is 7.07. The van der Waals surface area contributed by atoms with Crippen LogP contribution in [0, 0.1) is 13.8 Å². The van der Waals surface area contributed by atoms with Gasteiger partial charge in [0, 0.05) is 28.2 Å². The third-order valence-electron chi connectivity index (χ3n) is 9.68. The highest BCUT2D eigenvalue weighted by molar-refractivity contribution is 5.83. The Morgan fingerprint density at radius 1 is 0.489 bits per heavy atom. The number of hydrogen-bond acceptors (Lipinski definition) is 2. The molecular weight excluding hydrogens is 544 g/mol. The molecule has 0 radical (unpaired) electrons. The van der Waals surface area contributed by atoms with Crippen molar-refractivity contribution in [2.45, 2.75) is 85.0 Å². The molecule has 5 aromatic rings. The largest absolute Gasteiger partial charge is 0.356 e. The van der Waals surface area contributed by atoms with Crippen LogP contribution in [0.25, 0.3) is 22.3 Å².